The van der Waals surface area contributed by atoms with Gasteiger partial charge in [0.25, 0.3) is 5.91 Å². The number of rotatable bonds is 5. The number of halogens is 2. The molecule has 0 spiro atoms. The Bertz CT molecular complexity index is 759. The number of hydrogen-bond acceptors (Lipinski definition) is 5. The van der Waals surface area contributed by atoms with Crippen LogP contribution >= 0.6 is 12.4 Å². The molecule has 1 aliphatic carbocycles. The summed E-state index contributed by atoms with van der Waals surface area (Å²) >= 11 is 0. The lowest BCUT2D eigenvalue weighted by Gasteiger charge is -2.20. The van der Waals surface area contributed by atoms with E-state index in [0.717, 1.165) is 25.7 Å². The number of carbonyl (C=O) groups excluding carboxylic acids is 1. The predicted molar refractivity (Wildman–Crippen MR) is 97.3 cm³/mol. The minimum absolute atomic E-state index is 0. The van der Waals surface area contributed by atoms with Crippen LogP contribution in [0.4, 0.5) is 4.39 Å². The smallest absolute Gasteiger partial charge is 0.254 e. The van der Waals surface area contributed by atoms with Gasteiger partial charge >= 0.3 is 0 Å². The van der Waals surface area contributed by atoms with Gasteiger partial charge in [0, 0.05) is 0 Å². The normalized spacial score (nSPS) is 17.0. The van der Waals surface area contributed by atoms with Crippen LogP contribution in [0.25, 0.3) is 0 Å². The molecule has 6 nitrogen and oxygen atoms in total. The second-order valence-corrected chi connectivity index (χ2v) is 6.99. The van der Waals surface area contributed by atoms with E-state index in [-0.39, 0.29) is 23.9 Å². The second-order valence-electron chi connectivity index (χ2n) is 6.99. The topological polar surface area (TPSA) is 94.0 Å². The average molecular weight is 383 g/mol. The van der Waals surface area contributed by atoms with Crippen LogP contribution < -0.4 is 11.1 Å². The molecule has 3 N–H and O–H groups in total. The highest BCUT2D eigenvalue weighted by atomic mass is 35.5. The molecule has 26 heavy (non-hydrogen) atoms. The Kier molecular flexibility index (Phi) is 6.36. The van der Waals surface area contributed by atoms with Crippen molar-refractivity contribution >= 4 is 18.3 Å². The van der Waals surface area contributed by atoms with E-state index in [1.165, 1.54) is 12.1 Å². The lowest BCUT2D eigenvalue weighted by atomic mass is 9.98. The van der Waals surface area contributed by atoms with Gasteiger partial charge in [-0.25, -0.2) is 4.39 Å². The molecule has 1 amide bonds. The number of aromatic nitrogens is 2. The summed E-state index contributed by atoms with van der Waals surface area (Å²) in [7, 11) is 0. The Balaban J connectivity index is 0.00000243. The molecule has 1 saturated carbocycles. The summed E-state index contributed by atoms with van der Waals surface area (Å²) in [6.07, 6.45) is 3.72. The SMILES string of the molecule is CC(C)C(NC(=O)c1ccccc1F)c1nc(C2(N)CCCC2)no1.Cl. The molecule has 1 aromatic carbocycles. The summed E-state index contributed by atoms with van der Waals surface area (Å²) in [6, 6.07) is 5.33. The molecule has 0 aliphatic heterocycles. The molecule has 0 saturated heterocycles. The maximum atomic E-state index is 13.8. The highest BCUT2D eigenvalue weighted by Gasteiger charge is 2.37. The number of amides is 1. The molecule has 2 aromatic rings. The van der Waals surface area contributed by atoms with Crippen molar-refractivity contribution in [2.45, 2.75) is 51.1 Å². The maximum absolute atomic E-state index is 13.8. The van der Waals surface area contributed by atoms with Crippen LogP contribution in [0.3, 0.4) is 0 Å². The molecule has 1 aromatic heterocycles. The number of carbonyl (C=O) groups is 1. The van der Waals surface area contributed by atoms with E-state index in [1.54, 1.807) is 12.1 Å². The summed E-state index contributed by atoms with van der Waals surface area (Å²) in [4.78, 5) is 16.9. The van der Waals surface area contributed by atoms with Crippen LogP contribution in [0.15, 0.2) is 28.8 Å². The first-order valence-corrected chi connectivity index (χ1v) is 8.59. The molecular formula is C18H24ClFN4O2. The van der Waals surface area contributed by atoms with Crippen LogP contribution in [0.5, 0.6) is 0 Å². The van der Waals surface area contributed by atoms with Crippen molar-refractivity contribution in [3.8, 4) is 0 Å². The Morgan fingerprint density at radius 2 is 1.96 bits per heavy atom. The van der Waals surface area contributed by atoms with E-state index in [2.05, 4.69) is 15.5 Å². The van der Waals surface area contributed by atoms with E-state index in [0.29, 0.717) is 11.7 Å². The minimum Gasteiger partial charge on any atom is -0.340 e. The first-order valence-electron chi connectivity index (χ1n) is 8.59. The van der Waals surface area contributed by atoms with Crippen LogP contribution in [0.1, 0.15) is 67.6 Å². The summed E-state index contributed by atoms with van der Waals surface area (Å²) in [5, 5.41) is 6.82. The molecule has 1 fully saturated rings. The number of nitrogens with zero attached hydrogens (tertiary/aromatic N) is 2. The lowest BCUT2D eigenvalue weighted by molar-refractivity contribution is 0.0909. The van der Waals surface area contributed by atoms with Gasteiger partial charge in [-0.2, -0.15) is 4.98 Å². The van der Waals surface area contributed by atoms with Crippen LogP contribution in [0, 0.1) is 11.7 Å². The Morgan fingerprint density at radius 3 is 2.58 bits per heavy atom. The van der Waals surface area contributed by atoms with Gasteiger partial charge < -0.3 is 15.6 Å². The fourth-order valence-corrected chi connectivity index (χ4v) is 3.17. The van der Waals surface area contributed by atoms with Crippen molar-refractivity contribution < 1.29 is 13.7 Å². The first kappa shape index (κ1) is 20.3. The molecular weight excluding hydrogens is 359 g/mol. The zero-order chi connectivity index (χ0) is 18.0. The van der Waals surface area contributed by atoms with Gasteiger partial charge in [0.1, 0.15) is 11.9 Å². The Hall–Kier alpha value is -1.99. The van der Waals surface area contributed by atoms with Crippen molar-refractivity contribution in [3.05, 3.63) is 47.4 Å². The van der Waals surface area contributed by atoms with Gasteiger partial charge in [-0.1, -0.05) is 44.0 Å². The van der Waals surface area contributed by atoms with Gasteiger partial charge in [-0.3, -0.25) is 4.79 Å². The molecule has 142 valence electrons. The summed E-state index contributed by atoms with van der Waals surface area (Å²) in [5.41, 5.74) is 5.79. The molecule has 0 bridgehead atoms. The van der Waals surface area contributed by atoms with Crippen molar-refractivity contribution in [3.63, 3.8) is 0 Å². The van der Waals surface area contributed by atoms with Crippen molar-refractivity contribution in [1.82, 2.24) is 15.5 Å². The number of benzene rings is 1. The van der Waals surface area contributed by atoms with E-state index in [9.17, 15) is 9.18 Å². The van der Waals surface area contributed by atoms with E-state index in [4.69, 9.17) is 10.3 Å². The van der Waals surface area contributed by atoms with Crippen LogP contribution in [-0.2, 0) is 5.54 Å². The third-order valence-corrected chi connectivity index (χ3v) is 4.72. The van der Waals surface area contributed by atoms with Gasteiger partial charge in [-0.15, -0.1) is 12.4 Å². The number of nitrogens with one attached hydrogen (secondary N) is 1. The highest BCUT2D eigenvalue weighted by Crippen LogP contribution is 2.35. The zero-order valence-corrected chi connectivity index (χ0v) is 15.7. The number of nitrogens with two attached hydrogens (primary N) is 1. The summed E-state index contributed by atoms with van der Waals surface area (Å²) in [5.74, 6) is -0.320. The molecule has 1 unspecified atom stereocenters. The van der Waals surface area contributed by atoms with Gasteiger partial charge in [0.05, 0.1) is 11.1 Å². The van der Waals surface area contributed by atoms with Crippen LogP contribution in [-0.4, -0.2) is 16.0 Å². The summed E-state index contributed by atoms with van der Waals surface area (Å²) < 4.78 is 19.2. The third kappa shape index (κ3) is 4.04. The molecule has 1 atom stereocenters. The fourth-order valence-electron chi connectivity index (χ4n) is 3.17. The van der Waals surface area contributed by atoms with Crippen molar-refractivity contribution in [1.29, 1.82) is 0 Å². The quantitative estimate of drug-likeness (QED) is 0.825. The highest BCUT2D eigenvalue weighted by molar-refractivity contribution is 5.94. The number of hydrogen-bond donors (Lipinski definition) is 2. The van der Waals surface area contributed by atoms with Crippen molar-refractivity contribution in [2.75, 3.05) is 0 Å². The first-order chi connectivity index (χ1) is 11.9. The van der Waals surface area contributed by atoms with Crippen LogP contribution in [0.2, 0.25) is 0 Å². The molecule has 1 aliphatic rings. The largest absolute Gasteiger partial charge is 0.340 e. The fraction of sp³-hybridized carbons (Fsp3) is 0.500. The standard InChI is InChI=1S/C18H23FN4O2.ClH/c1-11(2)14(21-15(24)12-7-3-4-8-13(12)19)16-22-17(23-25-16)18(20)9-5-6-10-18;/h3-4,7-8,11,14H,5-6,9-10,20H2,1-2H3,(H,21,24);1H. The van der Waals surface area contributed by atoms with Gasteiger partial charge in [0.2, 0.25) is 5.89 Å². The summed E-state index contributed by atoms with van der Waals surface area (Å²) in [6.45, 7) is 3.84. The van der Waals surface area contributed by atoms with Gasteiger partial charge in [-0.05, 0) is 30.9 Å². The van der Waals surface area contributed by atoms with E-state index in [1.807, 2.05) is 13.8 Å². The molecule has 0 radical (unpaired) electrons. The maximum Gasteiger partial charge on any atom is 0.254 e. The van der Waals surface area contributed by atoms with E-state index >= 15 is 0 Å². The van der Waals surface area contributed by atoms with E-state index < -0.39 is 23.3 Å². The third-order valence-electron chi connectivity index (χ3n) is 4.72. The lowest BCUT2D eigenvalue weighted by Crippen LogP contribution is -2.35. The second kappa shape index (κ2) is 8.14. The average Bonchev–Trinajstić information content (AvgIpc) is 3.22. The molecule has 3 rings (SSSR count). The minimum atomic E-state index is -0.569. The molecule has 1 heterocycles. The zero-order valence-electron chi connectivity index (χ0n) is 14.9. The predicted octanol–water partition coefficient (Wildman–Crippen LogP) is 3.49. The van der Waals surface area contributed by atoms with Gasteiger partial charge in [0.15, 0.2) is 5.82 Å². The Labute approximate surface area is 158 Å². The Morgan fingerprint density at radius 1 is 1.31 bits per heavy atom. The monoisotopic (exact) mass is 382 g/mol. The van der Waals surface area contributed by atoms with Crippen molar-refractivity contribution in [2.24, 2.45) is 11.7 Å². The molecule has 8 heteroatoms.